The van der Waals surface area contributed by atoms with Crippen LogP contribution in [0, 0.1) is 0 Å². The molecule has 0 bridgehead atoms. The summed E-state index contributed by atoms with van der Waals surface area (Å²) in [6.45, 7) is 9.58. The van der Waals surface area contributed by atoms with Gasteiger partial charge in [-0.2, -0.15) is 0 Å². The lowest BCUT2D eigenvalue weighted by Gasteiger charge is -2.34. The van der Waals surface area contributed by atoms with Crippen LogP contribution in [0.5, 0.6) is 0 Å². The first kappa shape index (κ1) is 22.9. The normalized spacial score (nSPS) is 16.6. The fourth-order valence-corrected chi connectivity index (χ4v) is 5.36. The van der Waals surface area contributed by atoms with Gasteiger partial charge >= 0.3 is 0 Å². The number of nitrogens with zero attached hydrogens (tertiary/aromatic N) is 3. The Bertz CT molecular complexity index is 949. The van der Waals surface area contributed by atoms with Crippen LogP contribution in [0.4, 0.5) is 0 Å². The summed E-state index contributed by atoms with van der Waals surface area (Å²) in [6.07, 6.45) is 1.67. The number of benzene rings is 1. The molecule has 3 rings (SSSR count). The van der Waals surface area contributed by atoms with Crippen LogP contribution in [0.25, 0.3) is 0 Å². The Morgan fingerprint density at radius 3 is 2.40 bits per heavy atom. The zero-order valence-electron chi connectivity index (χ0n) is 17.8. The molecule has 2 heterocycles. The quantitative estimate of drug-likeness (QED) is 0.669. The number of carbonyl (C=O) groups is 1. The summed E-state index contributed by atoms with van der Waals surface area (Å²) in [5.41, 5.74) is 1.61. The van der Waals surface area contributed by atoms with Crippen molar-refractivity contribution in [3.8, 4) is 0 Å². The van der Waals surface area contributed by atoms with Gasteiger partial charge in [0.25, 0.3) is 5.91 Å². The average Bonchev–Trinajstić information content (AvgIpc) is 3.21. The topological polar surface area (TPSA) is 82.6 Å². The van der Waals surface area contributed by atoms with Crippen LogP contribution in [-0.4, -0.2) is 61.3 Å². The minimum atomic E-state index is -3.56. The molecular formula is C21H30N4O3S2. The number of rotatable bonds is 8. The van der Waals surface area contributed by atoms with Gasteiger partial charge in [0.05, 0.1) is 15.6 Å². The Morgan fingerprint density at radius 1 is 1.17 bits per heavy atom. The Morgan fingerprint density at radius 2 is 1.83 bits per heavy atom. The first-order valence-electron chi connectivity index (χ1n) is 10.4. The maximum absolute atomic E-state index is 12.8. The van der Waals surface area contributed by atoms with E-state index in [4.69, 9.17) is 0 Å². The lowest BCUT2D eigenvalue weighted by molar-refractivity contribution is 0.0627. The van der Waals surface area contributed by atoms with Gasteiger partial charge < -0.3 is 4.90 Å². The van der Waals surface area contributed by atoms with Crippen LogP contribution in [0.1, 0.15) is 48.3 Å². The van der Waals surface area contributed by atoms with E-state index in [2.05, 4.69) is 26.9 Å². The van der Waals surface area contributed by atoms with Crippen molar-refractivity contribution in [2.24, 2.45) is 0 Å². The summed E-state index contributed by atoms with van der Waals surface area (Å²) < 4.78 is 27.4. The van der Waals surface area contributed by atoms with Gasteiger partial charge in [-0.3, -0.25) is 9.69 Å². The fraction of sp³-hybridized carbons (Fsp3) is 0.524. The summed E-state index contributed by atoms with van der Waals surface area (Å²) in [5.74, 6) is -0.0598. The summed E-state index contributed by atoms with van der Waals surface area (Å²) in [7, 11) is -3.56. The molecule has 1 saturated heterocycles. The van der Waals surface area contributed by atoms with Gasteiger partial charge in [-0.15, -0.1) is 11.3 Å². The van der Waals surface area contributed by atoms with Gasteiger partial charge in [-0.1, -0.05) is 13.8 Å². The van der Waals surface area contributed by atoms with Gasteiger partial charge in [0.15, 0.2) is 0 Å². The molecule has 0 aliphatic carbocycles. The van der Waals surface area contributed by atoms with Crippen molar-refractivity contribution in [2.45, 2.75) is 51.1 Å². The first-order chi connectivity index (χ1) is 14.3. The Hall–Kier alpha value is -1.81. The second-order valence-electron chi connectivity index (χ2n) is 7.61. The maximum atomic E-state index is 12.8. The fourth-order valence-electron chi connectivity index (χ4n) is 3.30. The van der Waals surface area contributed by atoms with E-state index >= 15 is 0 Å². The van der Waals surface area contributed by atoms with E-state index in [1.807, 2.05) is 18.7 Å². The van der Waals surface area contributed by atoms with Crippen molar-refractivity contribution < 1.29 is 13.2 Å². The molecule has 1 aromatic heterocycles. The highest BCUT2D eigenvalue weighted by atomic mass is 32.2. The van der Waals surface area contributed by atoms with Crippen LogP contribution >= 0.6 is 11.3 Å². The molecule has 1 unspecified atom stereocenters. The van der Waals surface area contributed by atoms with Crippen molar-refractivity contribution in [3.05, 3.63) is 45.9 Å². The number of carbonyl (C=O) groups excluding carboxylic acids is 1. The van der Waals surface area contributed by atoms with Gasteiger partial charge in [0, 0.05) is 49.7 Å². The summed E-state index contributed by atoms with van der Waals surface area (Å²) in [6, 6.07) is 6.07. The highest BCUT2D eigenvalue weighted by Gasteiger charge is 2.23. The number of amides is 1. The third-order valence-corrected chi connectivity index (χ3v) is 7.97. The lowest BCUT2D eigenvalue weighted by atomic mass is 10.2. The van der Waals surface area contributed by atoms with Crippen LogP contribution in [0.15, 0.2) is 34.5 Å². The number of aromatic nitrogens is 1. The molecule has 30 heavy (non-hydrogen) atoms. The first-order valence-corrected chi connectivity index (χ1v) is 12.8. The largest absolute Gasteiger partial charge is 0.336 e. The zero-order valence-corrected chi connectivity index (χ0v) is 19.4. The minimum absolute atomic E-state index is 0.0598. The third-order valence-electron chi connectivity index (χ3n) is 5.33. The minimum Gasteiger partial charge on any atom is -0.336 e. The van der Waals surface area contributed by atoms with Crippen molar-refractivity contribution in [1.29, 1.82) is 0 Å². The van der Waals surface area contributed by atoms with E-state index in [9.17, 15) is 13.2 Å². The predicted octanol–water partition coefficient (Wildman–Crippen LogP) is 2.74. The van der Waals surface area contributed by atoms with E-state index in [-0.39, 0.29) is 16.8 Å². The molecule has 0 radical (unpaired) electrons. The van der Waals surface area contributed by atoms with Crippen LogP contribution < -0.4 is 4.72 Å². The molecular weight excluding hydrogens is 420 g/mol. The van der Waals surface area contributed by atoms with Gasteiger partial charge in [0.1, 0.15) is 0 Å². The van der Waals surface area contributed by atoms with Gasteiger partial charge in [0.2, 0.25) is 10.0 Å². The van der Waals surface area contributed by atoms with Crippen LogP contribution in [-0.2, 0) is 23.0 Å². The van der Waals surface area contributed by atoms with E-state index in [1.165, 1.54) is 12.1 Å². The summed E-state index contributed by atoms with van der Waals surface area (Å²) in [4.78, 5) is 21.8. The standard InChI is InChI=1S/C21H30N4O3S2/c1-4-16(3)23-30(27,28)19-8-6-17(7-9-19)21(26)25-12-10-24(11-13-25)14-18-15-29-20(5-2)22-18/h6-9,15-16,23H,4-5,10-14H2,1-3H3. The Labute approximate surface area is 183 Å². The number of sulfonamides is 1. The Balaban J connectivity index is 1.56. The number of nitrogens with one attached hydrogen (secondary N) is 1. The number of thiazole rings is 1. The van der Waals surface area contributed by atoms with E-state index in [0.29, 0.717) is 25.1 Å². The number of piperazine rings is 1. The SMILES string of the molecule is CCc1nc(CN2CCN(C(=O)c3ccc(S(=O)(=O)NC(C)CC)cc3)CC2)cs1. The smallest absolute Gasteiger partial charge is 0.253 e. The van der Waals surface area contributed by atoms with Crippen molar-refractivity contribution >= 4 is 27.3 Å². The second kappa shape index (κ2) is 10.00. The average molecular weight is 451 g/mol. The molecule has 7 nitrogen and oxygen atoms in total. The summed E-state index contributed by atoms with van der Waals surface area (Å²) >= 11 is 1.70. The number of aryl methyl sites for hydroxylation is 1. The monoisotopic (exact) mass is 450 g/mol. The van der Waals surface area contributed by atoms with Crippen LogP contribution in [0.3, 0.4) is 0 Å². The van der Waals surface area contributed by atoms with Crippen molar-refractivity contribution in [2.75, 3.05) is 26.2 Å². The molecule has 1 atom stereocenters. The molecule has 1 aliphatic rings. The van der Waals surface area contributed by atoms with Gasteiger partial charge in [-0.25, -0.2) is 18.1 Å². The zero-order chi connectivity index (χ0) is 21.7. The molecule has 0 saturated carbocycles. The number of hydrogen-bond acceptors (Lipinski definition) is 6. The highest BCUT2D eigenvalue weighted by Crippen LogP contribution is 2.16. The molecule has 1 amide bonds. The van der Waals surface area contributed by atoms with Crippen LogP contribution in [0.2, 0.25) is 0 Å². The maximum Gasteiger partial charge on any atom is 0.253 e. The molecule has 9 heteroatoms. The lowest BCUT2D eigenvalue weighted by Crippen LogP contribution is -2.48. The highest BCUT2D eigenvalue weighted by molar-refractivity contribution is 7.89. The van der Waals surface area contributed by atoms with Gasteiger partial charge in [-0.05, 0) is 44.0 Å². The Kier molecular flexibility index (Phi) is 7.62. The molecule has 1 N–H and O–H groups in total. The van der Waals surface area contributed by atoms with E-state index in [1.54, 1.807) is 23.5 Å². The molecule has 1 aliphatic heterocycles. The third kappa shape index (κ3) is 5.66. The second-order valence-corrected chi connectivity index (χ2v) is 10.3. The predicted molar refractivity (Wildman–Crippen MR) is 119 cm³/mol. The van der Waals surface area contributed by atoms with E-state index in [0.717, 1.165) is 36.8 Å². The molecule has 1 fully saturated rings. The molecule has 0 spiro atoms. The molecule has 2 aromatic rings. The number of hydrogen-bond donors (Lipinski definition) is 1. The molecule has 164 valence electrons. The summed E-state index contributed by atoms with van der Waals surface area (Å²) in [5, 5.41) is 3.27. The van der Waals surface area contributed by atoms with Crippen molar-refractivity contribution in [3.63, 3.8) is 0 Å². The van der Waals surface area contributed by atoms with Crippen molar-refractivity contribution in [1.82, 2.24) is 19.5 Å². The molecule has 1 aromatic carbocycles. The van der Waals surface area contributed by atoms with E-state index < -0.39 is 10.0 Å².